The van der Waals surface area contributed by atoms with E-state index in [0.29, 0.717) is 0 Å². The Morgan fingerprint density at radius 1 is 1.20 bits per heavy atom. The van der Waals surface area contributed by atoms with E-state index in [0.717, 1.165) is 24.6 Å². The Kier molecular flexibility index (Phi) is 5.21. The number of hydrogen-bond acceptors (Lipinski definition) is 3. The van der Waals surface area contributed by atoms with Gasteiger partial charge in [0.15, 0.2) is 0 Å². The van der Waals surface area contributed by atoms with E-state index < -0.39 is 0 Å². The Balaban J connectivity index is 1.93. The van der Waals surface area contributed by atoms with Gasteiger partial charge in [-0.1, -0.05) is 12.8 Å². The van der Waals surface area contributed by atoms with Gasteiger partial charge in [-0.05, 0) is 38.8 Å². The van der Waals surface area contributed by atoms with Crippen LogP contribution in [0.15, 0.2) is 18.3 Å². The number of nitrogens with zero attached hydrogens (tertiary/aromatic N) is 2. The minimum atomic E-state index is -0.190. The molecule has 0 aromatic carbocycles. The molecule has 0 radical (unpaired) electrons. The monoisotopic (exact) mass is 276 g/mol. The quantitative estimate of drug-likeness (QED) is 0.892. The molecular formula is C15H24N4O. The first-order valence-corrected chi connectivity index (χ1v) is 7.43. The number of rotatable bonds is 3. The number of amides is 2. The number of carbonyl (C=O) groups excluding carboxylic acids is 1. The van der Waals surface area contributed by atoms with Crippen molar-refractivity contribution in [3.05, 3.63) is 18.3 Å². The van der Waals surface area contributed by atoms with Gasteiger partial charge in [0, 0.05) is 19.1 Å². The molecule has 1 aliphatic rings. The summed E-state index contributed by atoms with van der Waals surface area (Å²) in [6.45, 7) is 6.02. The van der Waals surface area contributed by atoms with Gasteiger partial charge in [0.25, 0.3) is 0 Å². The fourth-order valence-electron chi connectivity index (χ4n) is 2.38. The summed E-state index contributed by atoms with van der Waals surface area (Å²) in [7, 11) is 0. The van der Waals surface area contributed by atoms with Crippen molar-refractivity contribution in [2.75, 3.05) is 23.3 Å². The average Bonchev–Trinajstić information content (AvgIpc) is 2.67. The molecule has 5 nitrogen and oxygen atoms in total. The van der Waals surface area contributed by atoms with Crippen LogP contribution in [0.4, 0.5) is 16.3 Å². The Labute approximate surface area is 120 Å². The summed E-state index contributed by atoms with van der Waals surface area (Å²) in [5.74, 6) is 1.00. The lowest BCUT2D eigenvalue weighted by atomic mass is 10.2. The van der Waals surface area contributed by atoms with Crippen molar-refractivity contribution in [2.24, 2.45) is 0 Å². The summed E-state index contributed by atoms with van der Waals surface area (Å²) in [6, 6.07) is 3.83. The lowest BCUT2D eigenvalue weighted by molar-refractivity contribution is 0.250. The zero-order valence-corrected chi connectivity index (χ0v) is 12.4. The average molecular weight is 276 g/mol. The Morgan fingerprint density at radius 3 is 2.45 bits per heavy atom. The largest absolute Gasteiger partial charge is 0.357 e. The van der Waals surface area contributed by atoms with Crippen LogP contribution in [-0.4, -0.2) is 30.1 Å². The lowest BCUT2D eigenvalue weighted by Crippen LogP contribution is -2.34. The maximum absolute atomic E-state index is 11.6. The molecule has 1 aliphatic heterocycles. The number of anilines is 2. The minimum absolute atomic E-state index is 0.124. The normalized spacial score (nSPS) is 15.8. The molecule has 1 fully saturated rings. The number of hydrogen-bond donors (Lipinski definition) is 2. The van der Waals surface area contributed by atoms with Gasteiger partial charge in [0.1, 0.15) is 5.82 Å². The van der Waals surface area contributed by atoms with Crippen LogP contribution in [0.2, 0.25) is 0 Å². The van der Waals surface area contributed by atoms with Gasteiger partial charge in [0.05, 0.1) is 11.9 Å². The highest BCUT2D eigenvalue weighted by atomic mass is 16.2. The SMILES string of the molecule is CC(C)NC(=O)Nc1ccc(N2CCCCCC2)nc1. The van der Waals surface area contributed by atoms with Gasteiger partial charge in [-0.3, -0.25) is 0 Å². The zero-order valence-electron chi connectivity index (χ0n) is 12.4. The molecule has 5 heteroatoms. The molecule has 0 unspecified atom stereocenters. The second kappa shape index (κ2) is 7.12. The topological polar surface area (TPSA) is 57.3 Å². The fraction of sp³-hybridized carbons (Fsp3) is 0.600. The highest BCUT2D eigenvalue weighted by Crippen LogP contribution is 2.18. The summed E-state index contributed by atoms with van der Waals surface area (Å²) >= 11 is 0. The second-order valence-electron chi connectivity index (χ2n) is 5.56. The van der Waals surface area contributed by atoms with Crippen molar-refractivity contribution < 1.29 is 4.79 Å². The van der Waals surface area contributed by atoms with Crippen molar-refractivity contribution in [3.8, 4) is 0 Å². The number of urea groups is 1. The molecule has 20 heavy (non-hydrogen) atoms. The smallest absolute Gasteiger partial charge is 0.319 e. The summed E-state index contributed by atoms with van der Waals surface area (Å²) in [5.41, 5.74) is 0.724. The number of aromatic nitrogens is 1. The van der Waals surface area contributed by atoms with E-state index in [1.165, 1.54) is 25.7 Å². The molecule has 110 valence electrons. The predicted molar refractivity (Wildman–Crippen MR) is 82.2 cm³/mol. The van der Waals surface area contributed by atoms with Crippen molar-refractivity contribution >= 4 is 17.5 Å². The third kappa shape index (κ3) is 4.40. The van der Waals surface area contributed by atoms with E-state index in [-0.39, 0.29) is 12.1 Å². The molecule has 2 heterocycles. The molecule has 0 saturated carbocycles. The molecule has 0 bridgehead atoms. The van der Waals surface area contributed by atoms with Gasteiger partial charge in [-0.25, -0.2) is 9.78 Å². The van der Waals surface area contributed by atoms with Gasteiger partial charge in [-0.2, -0.15) is 0 Å². The minimum Gasteiger partial charge on any atom is -0.357 e. The fourth-order valence-corrected chi connectivity index (χ4v) is 2.38. The maximum atomic E-state index is 11.6. The van der Waals surface area contributed by atoms with E-state index in [9.17, 15) is 4.79 Å². The molecule has 2 amide bonds. The van der Waals surface area contributed by atoms with E-state index in [2.05, 4.69) is 20.5 Å². The Bertz CT molecular complexity index is 422. The third-order valence-corrected chi connectivity index (χ3v) is 3.36. The second-order valence-corrected chi connectivity index (χ2v) is 5.56. The summed E-state index contributed by atoms with van der Waals surface area (Å²) < 4.78 is 0. The van der Waals surface area contributed by atoms with Gasteiger partial charge >= 0.3 is 6.03 Å². The van der Waals surface area contributed by atoms with Crippen molar-refractivity contribution in [1.82, 2.24) is 10.3 Å². The molecule has 2 N–H and O–H groups in total. The molecule has 0 spiro atoms. The van der Waals surface area contributed by atoms with Crippen molar-refractivity contribution in [1.29, 1.82) is 0 Å². The molecule has 2 rings (SSSR count). The molecular weight excluding hydrogens is 252 g/mol. The first kappa shape index (κ1) is 14.6. The van der Waals surface area contributed by atoms with Crippen LogP contribution >= 0.6 is 0 Å². The van der Waals surface area contributed by atoms with E-state index >= 15 is 0 Å². The van der Waals surface area contributed by atoms with Crippen molar-refractivity contribution in [3.63, 3.8) is 0 Å². The molecule has 1 saturated heterocycles. The molecule has 0 atom stereocenters. The van der Waals surface area contributed by atoms with Crippen LogP contribution in [0.3, 0.4) is 0 Å². The van der Waals surface area contributed by atoms with Crippen molar-refractivity contribution in [2.45, 2.75) is 45.6 Å². The van der Waals surface area contributed by atoms with Crippen LogP contribution in [0.5, 0.6) is 0 Å². The van der Waals surface area contributed by atoms with E-state index in [4.69, 9.17) is 0 Å². The predicted octanol–water partition coefficient (Wildman–Crippen LogP) is 2.99. The molecule has 1 aromatic heterocycles. The van der Waals surface area contributed by atoms with E-state index in [1.807, 2.05) is 26.0 Å². The van der Waals surface area contributed by atoms with Gasteiger partial charge in [0.2, 0.25) is 0 Å². The van der Waals surface area contributed by atoms with E-state index in [1.54, 1.807) is 6.20 Å². The number of carbonyl (C=O) groups is 1. The maximum Gasteiger partial charge on any atom is 0.319 e. The Hall–Kier alpha value is -1.78. The first-order chi connectivity index (χ1) is 9.65. The summed E-state index contributed by atoms with van der Waals surface area (Å²) in [4.78, 5) is 18.4. The zero-order chi connectivity index (χ0) is 14.4. The highest BCUT2D eigenvalue weighted by molar-refractivity contribution is 5.89. The van der Waals surface area contributed by atoms with Gasteiger partial charge < -0.3 is 15.5 Å². The molecule has 1 aromatic rings. The van der Waals surface area contributed by atoms with Crippen LogP contribution in [0.25, 0.3) is 0 Å². The molecule has 0 aliphatic carbocycles. The summed E-state index contributed by atoms with van der Waals surface area (Å²) in [6.07, 6.45) is 6.81. The number of nitrogens with one attached hydrogen (secondary N) is 2. The third-order valence-electron chi connectivity index (χ3n) is 3.36. The van der Waals surface area contributed by atoms with Crippen LogP contribution in [-0.2, 0) is 0 Å². The first-order valence-electron chi connectivity index (χ1n) is 7.43. The number of pyridine rings is 1. The van der Waals surface area contributed by atoms with Gasteiger partial charge in [-0.15, -0.1) is 0 Å². The Morgan fingerprint density at radius 2 is 1.90 bits per heavy atom. The van der Waals surface area contributed by atoms with Crippen LogP contribution < -0.4 is 15.5 Å². The highest BCUT2D eigenvalue weighted by Gasteiger charge is 2.11. The summed E-state index contributed by atoms with van der Waals surface area (Å²) in [5, 5.41) is 5.57. The standard InChI is InChI=1S/C15H24N4O/c1-12(2)17-15(20)18-13-7-8-14(16-11-13)19-9-5-3-4-6-10-19/h7-8,11-12H,3-6,9-10H2,1-2H3,(H2,17,18,20). The van der Waals surface area contributed by atoms with Crippen LogP contribution in [0, 0.1) is 0 Å². The lowest BCUT2D eigenvalue weighted by Gasteiger charge is -2.21. The van der Waals surface area contributed by atoms with Crippen LogP contribution in [0.1, 0.15) is 39.5 Å².